The van der Waals surface area contributed by atoms with E-state index in [4.69, 9.17) is 21.4 Å². The Morgan fingerprint density at radius 3 is 2.46 bits per heavy atom. The highest BCUT2D eigenvalue weighted by Gasteiger charge is 2.34. The lowest BCUT2D eigenvalue weighted by molar-refractivity contribution is -0.136. The van der Waals surface area contributed by atoms with E-state index in [1.54, 1.807) is 0 Å². The molecule has 1 aliphatic rings. The number of amides is 1. The van der Waals surface area contributed by atoms with E-state index >= 15 is 0 Å². The highest BCUT2D eigenvalue weighted by Crippen LogP contribution is 2.36. The second-order valence-corrected chi connectivity index (χ2v) is 10.2. The number of hydrogen-bond donors (Lipinski definition) is 0. The molecule has 182 valence electrons. The fourth-order valence-corrected chi connectivity index (χ4v) is 6.02. The van der Waals surface area contributed by atoms with Crippen molar-refractivity contribution < 1.29 is 14.3 Å². The molecule has 0 spiro atoms. The first kappa shape index (κ1) is 23.4. The zero-order valence-electron chi connectivity index (χ0n) is 19.6. The van der Waals surface area contributed by atoms with Gasteiger partial charge in [0.2, 0.25) is 0 Å². The molecule has 5 nitrogen and oxygen atoms in total. The molecular formula is C30H21ClN2O3S. The number of hydrazone groups is 1. The van der Waals surface area contributed by atoms with Gasteiger partial charge in [-0.25, -0.2) is 9.80 Å². The summed E-state index contributed by atoms with van der Waals surface area (Å²) in [6.07, 6.45) is 0.560. The van der Waals surface area contributed by atoms with E-state index in [2.05, 4.69) is 24.3 Å². The van der Waals surface area contributed by atoms with Crippen molar-refractivity contribution >= 4 is 61.4 Å². The van der Waals surface area contributed by atoms with E-state index in [-0.39, 0.29) is 10.9 Å². The molecule has 4 aromatic carbocycles. The van der Waals surface area contributed by atoms with Crippen LogP contribution in [0.1, 0.15) is 33.3 Å². The van der Waals surface area contributed by atoms with Crippen LogP contribution in [0.15, 0.2) is 102 Å². The van der Waals surface area contributed by atoms with Crippen molar-refractivity contribution in [3.05, 3.63) is 118 Å². The first-order valence-corrected chi connectivity index (χ1v) is 13.1. The molecule has 1 aromatic heterocycles. The van der Waals surface area contributed by atoms with Gasteiger partial charge in [0.25, 0.3) is 5.91 Å². The Labute approximate surface area is 222 Å². The molecule has 6 rings (SSSR count). The lowest BCUT2D eigenvalue weighted by Crippen LogP contribution is -2.31. The molecule has 0 bridgehead atoms. The van der Waals surface area contributed by atoms with E-state index in [1.165, 1.54) is 16.3 Å². The van der Waals surface area contributed by atoms with Crippen LogP contribution in [0.3, 0.4) is 0 Å². The Bertz CT molecular complexity index is 1680. The van der Waals surface area contributed by atoms with Crippen LogP contribution in [0.25, 0.3) is 20.9 Å². The molecule has 0 unspecified atom stereocenters. The van der Waals surface area contributed by atoms with Gasteiger partial charge in [0.05, 0.1) is 16.8 Å². The molecule has 0 fully saturated rings. The fourth-order valence-electron chi connectivity index (χ4n) is 4.62. The number of benzene rings is 4. The van der Waals surface area contributed by atoms with Crippen molar-refractivity contribution in [1.29, 1.82) is 0 Å². The maximum atomic E-state index is 13.3. The Hall–Kier alpha value is -4.00. The number of carbonyl (C=O) groups excluding carboxylic acids is 2. The maximum absolute atomic E-state index is 13.3. The summed E-state index contributed by atoms with van der Waals surface area (Å²) in [4.78, 5) is 26.4. The van der Waals surface area contributed by atoms with Gasteiger partial charge in [-0.1, -0.05) is 96.5 Å². The second kappa shape index (κ2) is 9.81. The number of ether oxygens (including phenoxy) is 1. The molecule has 1 atom stereocenters. The van der Waals surface area contributed by atoms with E-state index in [1.807, 2.05) is 72.8 Å². The van der Waals surface area contributed by atoms with Gasteiger partial charge in [-0.05, 0) is 34.0 Å². The molecule has 0 saturated carbocycles. The van der Waals surface area contributed by atoms with Crippen molar-refractivity contribution in [2.45, 2.75) is 12.5 Å². The zero-order chi connectivity index (χ0) is 25.4. The lowest BCUT2D eigenvalue weighted by atomic mass is 9.97. The van der Waals surface area contributed by atoms with Crippen LogP contribution < -0.4 is 0 Å². The Morgan fingerprint density at radius 2 is 1.65 bits per heavy atom. The van der Waals surface area contributed by atoms with E-state index in [9.17, 15) is 9.59 Å². The van der Waals surface area contributed by atoms with Crippen LogP contribution in [0.2, 0.25) is 5.02 Å². The van der Waals surface area contributed by atoms with E-state index in [0.717, 1.165) is 37.7 Å². The van der Waals surface area contributed by atoms with Gasteiger partial charge in [-0.3, -0.25) is 4.79 Å². The summed E-state index contributed by atoms with van der Waals surface area (Å²) in [7, 11) is 0. The average molecular weight is 525 g/mol. The van der Waals surface area contributed by atoms with Crippen LogP contribution >= 0.6 is 22.9 Å². The highest BCUT2D eigenvalue weighted by molar-refractivity contribution is 7.21. The van der Waals surface area contributed by atoms with Gasteiger partial charge in [0.15, 0.2) is 6.61 Å². The Morgan fingerprint density at radius 1 is 0.919 bits per heavy atom. The Balaban J connectivity index is 1.26. The minimum Gasteiger partial charge on any atom is -0.451 e. The first-order valence-electron chi connectivity index (χ1n) is 11.9. The standard InChI is InChI=1S/C30H21ClN2O3S/c31-28-23-12-6-7-13-26(23)37-29(28)30(35)36-18-27(34)33-25(20-9-2-1-3-10-20)17-24(32-33)22-15-14-19-8-4-5-11-21(19)16-22/h1-16,25H,17-18H2/t25-/m1/s1. The predicted molar refractivity (Wildman–Crippen MR) is 148 cm³/mol. The molecule has 5 aromatic rings. The van der Waals surface area contributed by atoms with Gasteiger partial charge in [-0.15, -0.1) is 11.3 Å². The summed E-state index contributed by atoms with van der Waals surface area (Å²) >= 11 is 7.67. The molecule has 37 heavy (non-hydrogen) atoms. The van der Waals surface area contributed by atoms with Gasteiger partial charge in [0.1, 0.15) is 4.88 Å². The molecule has 0 saturated heterocycles. The van der Waals surface area contributed by atoms with Gasteiger partial charge in [-0.2, -0.15) is 5.10 Å². The van der Waals surface area contributed by atoms with Crippen molar-refractivity contribution in [3.63, 3.8) is 0 Å². The minimum absolute atomic E-state index is 0.289. The summed E-state index contributed by atoms with van der Waals surface area (Å²) in [5.74, 6) is -1.01. The van der Waals surface area contributed by atoms with Crippen molar-refractivity contribution in [2.75, 3.05) is 6.61 Å². The zero-order valence-corrected chi connectivity index (χ0v) is 21.2. The molecule has 7 heteroatoms. The van der Waals surface area contributed by atoms with E-state index < -0.39 is 18.5 Å². The number of esters is 1. The molecule has 0 N–H and O–H groups in total. The molecule has 1 amide bonds. The quantitative estimate of drug-likeness (QED) is 0.228. The largest absolute Gasteiger partial charge is 0.451 e. The maximum Gasteiger partial charge on any atom is 0.350 e. The van der Waals surface area contributed by atoms with Crippen LogP contribution in [0, 0.1) is 0 Å². The van der Waals surface area contributed by atoms with Gasteiger partial charge in [0, 0.05) is 16.5 Å². The third-order valence-corrected chi connectivity index (χ3v) is 8.14. The van der Waals surface area contributed by atoms with Gasteiger partial charge < -0.3 is 4.74 Å². The number of hydrogen-bond acceptors (Lipinski definition) is 5. The van der Waals surface area contributed by atoms with Gasteiger partial charge >= 0.3 is 5.97 Å². The number of fused-ring (bicyclic) bond motifs is 2. The van der Waals surface area contributed by atoms with Crippen LogP contribution in [-0.4, -0.2) is 29.2 Å². The van der Waals surface area contributed by atoms with Crippen molar-refractivity contribution in [1.82, 2.24) is 5.01 Å². The number of thiophene rings is 1. The van der Waals surface area contributed by atoms with Crippen molar-refractivity contribution in [3.8, 4) is 0 Å². The van der Waals surface area contributed by atoms with Crippen molar-refractivity contribution in [2.24, 2.45) is 5.10 Å². The Kier molecular flexibility index (Phi) is 6.20. The molecule has 0 aliphatic carbocycles. The minimum atomic E-state index is -0.617. The average Bonchev–Trinajstić information content (AvgIpc) is 3.54. The molecule has 2 heterocycles. The van der Waals surface area contributed by atoms with E-state index in [0.29, 0.717) is 11.4 Å². The third kappa shape index (κ3) is 4.50. The normalized spacial score (nSPS) is 15.2. The summed E-state index contributed by atoms with van der Waals surface area (Å²) in [6.45, 7) is -0.429. The van der Waals surface area contributed by atoms with Crippen LogP contribution in [-0.2, 0) is 9.53 Å². The summed E-state index contributed by atoms with van der Waals surface area (Å²) in [5.41, 5.74) is 2.74. The van der Waals surface area contributed by atoms with Crippen LogP contribution in [0.4, 0.5) is 0 Å². The summed E-state index contributed by atoms with van der Waals surface area (Å²) in [6, 6.07) is 31.3. The molecular weight excluding hydrogens is 504 g/mol. The second-order valence-electron chi connectivity index (χ2n) is 8.79. The number of halogens is 1. The van der Waals surface area contributed by atoms with Crippen LogP contribution in [0.5, 0.6) is 0 Å². The number of rotatable bonds is 5. The smallest absolute Gasteiger partial charge is 0.350 e. The third-order valence-electron chi connectivity index (χ3n) is 6.48. The topological polar surface area (TPSA) is 59.0 Å². The monoisotopic (exact) mass is 524 g/mol. The molecule has 1 aliphatic heterocycles. The fraction of sp³-hybridized carbons (Fsp3) is 0.100. The highest BCUT2D eigenvalue weighted by atomic mass is 35.5. The molecule has 0 radical (unpaired) electrons. The first-order chi connectivity index (χ1) is 18.1. The lowest BCUT2D eigenvalue weighted by Gasteiger charge is -2.21. The predicted octanol–water partition coefficient (Wildman–Crippen LogP) is 7.24. The number of nitrogens with zero attached hydrogens (tertiary/aromatic N) is 2. The summed E-state index contributed by atoms with van der Waals surface area (Å²) in [5, 5.41) is 9.55. The number of carbonyl (C=O) groups is 2. The summed E-state index contributed by atoms with van der Waals surface area (Å²) < 4.78 is 6.31. The SMILES string of the molecule is O=C(OCC(=O)N1N=C(c2ccc3ccccc3c2)C[C@@H]1c1ccccc1)c1sc2ccccc2c1Cl.